The topological polar surface area (TPSA) is 43.4 Å². The maximum absolute atomic E-state index is 12.3. The second-order valence-corrected chi connectivity index (χ2v) is 8.42. The van der Waals surface area contributed by atoms with Gasteiger partial charge in [0.25, 0.3) is 10.1 Å². The van der Waals surface area contributed by atoms with Crippen LogP contribution in [-0.2, 0) is 14.3 Å². The molecule has 0 heterocycles. The largest absolute Gasteiger partial charge is 0.270 e. The molecule has 0 amide bonds. The normalized spacial score (nSPS) is 32.1. The molecule has 0 N–H and O–H groups in total. The van der Waals surface area contributed by atoms with Crippen LogP contribution in [0.3, 0.4) is 0 Å². The summed E-state index contributed by atoms with van der Waals surface area (Å²) in [5, 5.41) is -0.255. The van der Waals surface area contributed by atoms with Crippen molar-refractivity contribution in [1.29, 1.82) is 0 Å². The zero-order valence-electron chi connectivity index (χ0n) is 12.3. The van der Waals surface area contributed by atoms with Crippen LogP contribution < -0.4 is 0 Å². The van der Waals surface area contributed by atoms with E-state index in [1.54, 1.807) is 0 Å². The van der Waals surface area contributed by atoms with E-state index in [0.29, 0.717) is 11.8 Å². The molecule has 112 valence electrons. The third-order valence-electron chi connectivity index (χ3n) is 4.97. The fourth-order valence-corrected chi connectivity index (χ4v) is 5.08. The van der Waals surface area contributed by atoms with Gasteiger partial charge >= 0.3 is 0 Å². The van der Waals surface area contributed by atoms with Crippen LogP contribution in [0.5, 0.6) is 0 Å². The van der Waals surface area contributed by atoms with E-state index in [1.807, 2.05) is 6.92 Å². The molecule has 2 fully saturated rings. The van der Waals surface area contributed by atoms with Crippen LogP contribution in [-0.4, -0.2) is 19.8 Å². The number of rotatable bonds is 4. The lowest BCUT2D eigenvalue weighted by Crippen LogP contribution is -2.33. The standard InChI is InChI=1S/C15H28O3S/c1-12-8-10-15(11-9-12)19(16,17)18-13(2)14-6-4-3-5-7-14/h12-15H,3-11H2,1-2H3. The van der Waals surface area contributed by atoms with Gasteiger partial charge in [-0.05, 0) is 57.3 Å². The van der Waals surface area contributed by atoms with Crippen molar-refractivity contribution >= 4 is 10.1 Å². The lowest BCUT2D eigenvalue weighted by Gasteiger charge is -2.30. The van der Waals surface area contributed by atoms with Crippen LogP contribution in [0, 0.1) is 11.8 Å². The van der Waals surface area contributed by atoms with Gasteiger partial charge < -0.3 is 0 Å². The second kappa shape index (κ2) is 6.57. The van der Waals surface area contributed by atoms with E-state index in [0.717, 1.165) is 38.5 Å². The van der Waals surface area contributed by atoms with Gasteiger partial charge in [0.1, 0.15) is 0 Å². The predicted octanol–water partition coefficient (Wildman–Crippen LogP) is 3.88. The van der Waals surface area contributed by atoms with Gasteiger partial charge in [-0.25, -0.2) is 0 Å². The summed E-state index contributed by atoms with van der Waals surface area (Å²) in [5.74, 6) is 1.10. The minimum Gasteiger partial charge on any atom is -0.267 e. The molecular weight excluding hydrogens is 260 g/mol. The van der Waals surface area contributed by atoms with Crippen molar-refractivity contribution < 1.29 is 12.6 Å². The zero-order chi connectivity index (χ0) is 13.9. The van der Waals surface area contributed by atoms with Gasteiger partial charge in [-0.1, -0.05) is 26.2 Å². The van der Waals surface area contributed by atoms with Crippen LogP contribution in [0.1, 0.15) is 71.6 Å². The van der Waals surface area contributed by atoms with Crippen molar-refractivity contribution in [2.45, 2.75) is 83.0 Å². The highest BCUT2D eigenvalue weighted by atomic mass is 32.2. The minimum absolute atomic E-state index is 0.135. The van der Waals surface area contributed by atoms with Crippen molar-refractivity contribution in [1.82, 2.24) is 0 Å². The Morgan fingerprint density at radius 1 is 0.947 bits per heavy atom. The third-order valence-corrected chi connectivity index (χ3v) is 6.83. The van der Waals surface area contributed by atoms with Crippen LogP contribution in [0.25, 0.3) is 0 Å². The maximum Gasteiger partial charge on any atom is 0.270 e. The summed E-state index contributed by atoms with van der Waals surface area (Å²) in [7, 11) is -3.36. The Morgan fingerprint density at radius 3 is 2.11 bits per heavy atom. The average Bonchev–Trinajstić information content (AvgIpc) is 2.40. The molecule has 2 aliphatic carbocycles. The first kappa shape index (κ1) is 15.3. The minimum atomic E-state index is -3.36. The summed E-state index contributed by atoms with van der Waals surface area (Å²) in [4.78, 5) is 0. The Bertz CT molecular complexity index is 363. The summed E-state index contributed by atoms with van der Waals surface area (Å²) in [5.41, 5.74) is 0. The molecule has 19 heavy (non-hydrogen) atoms. The molecule has 3 nitrogen and oxygen atoms in total. The maximum atomic E-state index is 12.3. The van der Waals surface area contributed by atoms with E-state index in [1.165, 1.54) is 19.3 Å². The van der Waals surface area contributed by atoms with Gasteiger partial charge in [0.2, 0.25) is 0 Å². The molecule has 0 bridgehead atoms. The first-order valence-electron chi connectivity index (χ1n) is 7.91. The molecule has 2 saturated carbocycles. The zero-order valence-corrected chi connectivity index (χ0v) is 13.1. The summed E-state index contributed by atoms with van der Waals surface area (Å²) in [6.07, 6.45) is 9.44. The smallest absolute Gasteiger partial charge is 0.267 e. The first-order valence-corrected chi connectivity index (χ1v) is 9.38. The SMILES string of the molecule is CC1CCC(S(=O)(=O)OC(C)C2CCCCC2)CC1. The lowest BCUT2D eigenvalue weighted by molar-refractivity contribution is 0.126. The molecule has 2 aliphatic rings. The Labute approximate surface area is 118 Å². The number of hydrogen-bond donors (Lipinski definition) is 0. The summed E-state index contributed by atoms with van der Waals surface area (Å²) in [6.45, 7) is 4.15. The summed E-state index contributed by atoms with van der Waals surface area (Å²) >= 11 is 0. The Balaban J connectivity index is 1.89. The molecule has 1 unspecified atom stereocenters. The van der Waals surface area contributed by atoms with Crippen molar-refractivity contribution in [3.63, 3.8) is 0 Å². The molecule has 0 saturated heterocycles. The average molecular weight is 288 g/mol. The van der Waals surface area contributed by atoms with Crippen LogP contribution in [0.4, 0.5) is 0 Å². The molecule has 0 aromatic heterocycles. The van der Waals surface area contributed by atoms with Crippen molar-refractivity contribution in [3.8, 4) is 0 Å². The van der Waals surface area contributed by atoms with E-state index in [2.05, 4.69) is 6.92 Å². The molecule has 0 aliphatic heterocycles. The summed E-state index contributed by atoms with van der Waals surface area (Å²) in [6, 6.07) is 0. The third kappa shape index (κ3) is 4.19. The van der Waals surface area contributed by atoms with Crippen molar-refractivity contribution in [2.75, 3.05) is 0 Å². The van der Waals surface area contributed by atoms with E-state index in [-0.39, 0.29) is 11.4 Å². The molecule has 0 radical (unpaired) electrons. The molecule has 0 aromatic carbocycles. The van der Waals surface area contributed by atoms with E-state index >= 15 is 0 Å². The second-order valence-electron chi connectivity index (χ2n) is 6.57. The quantitative estimate of drug-likeness (QED) is 0.737. The van der Waals surface area contributed by atoms with Crippen LogP contribution in [0.15, 0.2) is 0 Å². The van der Waals surface area contributed by atoms with Gasteiger partial charge in [0, 0.05) is 0 Å². The Morgan fingerprint density at radius 2 is 1.53 bits per heavy atom. The molecule has 2 rings (SSSR count). The van der Waals surface area contributed by atoms with Gasteiger partial charge in [-0.15, -0.1) is 0 Å². The van der Waals surface area contributed by atoms with E-state index in [4.69, 9.17) is 4.18 Å². The molecule has 1 atom stereocenters. The van der Waals surface area contributed by atoms with Gasteiger partial charge in [0.05, 0.1) is 11.4 Å². The van der Waals surface area contributed by atoms with Crippen LogP contribution in [0.2, 0.25) is 0 Å². The van der Waals surface area contributed by atoms with Gasteiger partial charge in [-0.3, -0.25) is 4.18 Å². The highest BCUT2D eigenvalue weighted by Crippen LogP contribution is 2.32. The lowest BCUT2D eigenvalue weighted by atomic mass is 9.86. The van der Waals surface area contributed by atoms with Crippen molar-refractivity contribution in [3.05, 3.63) is 0 Å². The molecule has 4 heteroatoms. The van der Waals surface area contributed by atoms with Crippen LogP contribution >= 0.6 is 0 Å². The summed E-state index contributed by atoms with van der Waals surface area (Å²) < 4.78 is 30.2. The number of hydrogen-bond acceptors (Lipinski definition) is 3. The molecular formula is C15H28O3S. The predicted molar refractivity (Wildman–Crippen MR) is 77.5 cm³/mol. The first-order chi connectivity index (χ1) is 8.99. The van der Waals surface area contributed by atoms with Gasteiger partial charge in [0.15, 0.2) is 0 Å². The van der Waals surface area contributed by atoms with E-state index in [9.17, 15) is 8.42 Å². The van der Waals surface area contributed by atoms with Gasteiger partial charge in [-0.2, -0.15) is 8.42 Å². The highest BCUT2D eigenvalue weighted by Gasteiger charge is 2.33. The molecule has 0 aromatic rings. The fourth-order valence-electron chi connectivity index (χ4n) is 3.49. The monoisotopic (exact) mass is 288 g/mol. The van der Waals surface area contributed by atoms with Crippen molar-refractivity contribution in [2.24, 2.45) is 11.8 Å². The Hall–Kier alpha value is -0.0900. The Kier molecular flexibility index (Phi) is 5.29. The van der Waals surface area contributed by atoms with E-state index < -0.39 is 10.1 Å². The fraction of sp³-hybridized carbons (Fsp3) is 1.00. The highest BCUT2D eigenvalue weighted by molar-refractivity contribution is 7.87. The molecule has 0 spiro atoms.